The van der Waals surface area contributed by atoms with Crippen LogP contribution in [0.3, 0.4) is 0 Å². The van der Waals surface area contributed by atoms with Crippen LogP contribution >= 0.6 is 7.92 Å². The van der Waals surface area contributed by atoms with E-state index in [1.54, 1.807) is 19.8 Å². The molecule has 0 amide bonds. The smallest absolute Gasteiger partial charge is 1.00 e. The summed E-state index contributed by atoms with van der Waals surface area (Å²) in [6.07, 6.45) is 3.64. The monoisotopic (exact) mass is 590 g/mol. The topological polar surface area (TPSA) is 0 Å². The summed E-state index contributed by atoms with van der Waals surface area (Å²) in [6.45, 7) is 4.85. The molecule has 0 heterocycles. The molecule has 0 bridgehead atoms. The van der Waals surface area contributed by atoms with Crippen molar-refractivity contribution in [2.24, 2.45) is 0 Å². The van der Waals surface area contributed by atoms with E-state index >= 15 is 0 Å². The molecule has 3 aromatic rings. The molecule has 0 spiro atoms. The van der Waals surface area contributed by atoms with Crippen molar-refractivity contribution >= 4 is 17.3 Å². The fraction of sp³-hybridized carbons (Fsp3) is 0.167. The van der Waals surface area contributed by atoms with Gasteiger partial charge in [-0.15, -0.1) is 0 Å². The Labute approximate surface area is 192 Å². The standard InChI is InChI=1S/C13H9.C11H12P.2ClH.Hf/c1-3-7-12-10(5-1)9-11-6-2-4-8-13(11)12;1-12(2)11-7-9-5-3-4-6-10(9)8-11;;;/h1-5,7-8H,9H2;3-8H,1-2H3;2*1H;/q;;;;+2/p-2. The number of hydrogen-bond donors (Lipinski definition) is 0. The molecule has 0 nitrogen and oxygen atoms in total. The summed E-state index contributed by atoms with van der Waals surface area (Å²) in [6, 6.07) is 25.1. The molecule has 4 heteroatoms. The van der Waals surface area contributed by atoms with E-state index in [0.29, 0.717) is 0 Å². The molecule has 0 radical (unpaired) electrons. The number of fused-ring (bicyclic) bond motifs is 4. The van der Waals surface area contributed by atoms with E-state index in [2.05, 4.69) is 86.1 Å². The first-order valence-corrected chi connectivity index (χ1v) is 15.3. The van der Waals surface area contributed by atoms with Crippen LogP contribution in [0.4, 0.5) is 0 Å². The van der Waals surface area contributed by atoms with Gasteiger partial charge in [0.1, 0.15) is 0 Å². The van der Waals surface area contributed by atoms with Gasteiger partial charge in [0, 0.05) is 0 Å². The molecule has 28 heavy (non-hydrogen) atoms. The average Bonchev–Trinajstić information content (AvgIpc) is 3.21. The maximum Gasteiger partial charge on any atom is -1.00 e. The third-order valence-corrected chi connectivity index (χ3v) is 13.9. The van der Waals surface area contributed by atoms with E-state index in [1.807, 2.05) is 0 Å². The van der Waals surface area contributed by atoms with Gasteiger partial charge in [-0.3, -0.25) is 0 Å². The van der Waals surface area contributed by atoms with Gasteiger partial charge in [-0.25, -0.2) is 0 Å². The minimum Gasteiger partial charge on any atom is -1.00 e. The Morgan fingerprint density at radius 3 is 2.36 bits per heavy atom. The quantitative estimate of drug-likeness (QED) is 0.230. The van der Waals surface area contributed by atoms with Crippen molar-refractivity contribution in [2.45, 2.75) is 10.1 Å². The fourth-order valence-electron chi connectivity index (χ4n) is 4.29. The van der Waals surface area contributed by atoms with Crippen LogP contribution in [0.2, 0.25) is 0 Å². The molecular formula is C24H21Cl2HfP. The van der Waals surface area contributed by atoms with Crippen molar-refractivity contribution in [1.29, 1.82) is 0 Å². The number of hydrogen-bond acceptors (Lipinski definition) is 0. The zero-order chi connectivity index (χ0) is 17.7. The molecule has 140 valence electrons. The van der Waals surface area contributed by atoms with Crippen molar-refractivity contribution in [3.63, 3.8) is 0 Å². The van der Waals surface area contributed by atoms with Gasteiger partial charge in [-0.05, 0) is 0 Å². The summed E-state index contributed by atoms with van der Waals surface area (Å²) < 4.78 is 2.46. The fourth-order valence-corrected chi connectivity index (χ4v) is 14.2. The molecule has 1 unspecified atom stereocenters. The van der Waals surface area contributed by atoms with E-state index < -0.39 is 22.9 Å². The molecule has 5 rings (SSSR count). The van der Waals surface area contributed by atoms with E-state index in [9.17, 15) is 0 Å². The molecular weight excluding hydrogens is 569 g/mol. The zero-order valence-corrected chi connectivity index (χ0v) is 21.9. The van der Waals surface area contributed by atoms with Crippen molar-refractivity contribution in [2.75, 3.05) is 13.3 Å². The van der Waals surface area contributed by atoms with Gasteiger partial charge in [0.05, 0.1) is 0 Å². The molecule has 1 atom stereocenters. The second kappa shape index (κ2) is 8.97. The second-order valence-corrected chi connectivity index (χ2v) is 14.7. The first-order valence-electron chi connectivity index (χ1n) is 9.17. The maximum atomic E-state index is 2.51. The summed E-state index contributed by atoms with van der Waals surface area (Å²) >= 11 is -1.04. The number of halogens is 2. The van der Waals surface area contributed by atoms with E-state index in [-0.39, 0.29) is 32.7 Å². The third-order valence-electron chi connectivity index (χ3n) is 5.57. The van der Waals surface area contributed by atoms with Crippen molar-refractivity contribution < 1.29 is 47.7 Å². The van der Waals surface area contributed by atoms with Crippen molar-refractivity contribution in [3.05, 3.63) is 94.3 Å². The summed E-state index contributed by atoms with van der Waals surface area (Å²) in [5.74, 6) is 0. The van der Waals surface area contributed by atoms with E-state index in [0.717, 1.165) is 10.1 Å². The molecule has 0 saturated heterocycles. The van der Waals surface area contributed by atoms with Crippen LogP contribution in [0.25, 0.3) is 17.2 Å². The maximum absolute atomic E-state index is 2.51. The van der Waals surface area contributed by atoms with Crippen LogP contribution in [0.5, 0.6) is 0 Å². The first-order chi connectivity index (χ1) is 12.7. The van der Waals surface area contributed by atoms with E-state index in [1.165, 1.54) is 22.3 Å². The minimum atomic E-state index is -1.04. The summed E-state index contributed by atoms with van der Waals surface area (Å²) in [5, 5.41) is 1.73. The number of rotatable bonds is 3. The van der Waals surface area contributed by atoms with Gasteiger partial charge in [0.2, 0.25) is 0 Å². The average molecular weight is 590 g/mol. The predicted molar refractivity (Wildman–Crippen MR) is 110 cm³/mol. The number of allylic oxidation sites excluding steroid dienone is 1. The van der Waals surface area contributed by atoms with Gasteiger partial charge < -0.3 is 24.8 Å². The largest absolute Gasteiger partial charge is 1.00 e. The van der Waals surface area contributed by atoms with Crippen molar-refractivity contribution in [3.8, 4) is 11.1 Å². The Hall–Kier alpha value is -0.720. The molecule has 0 aliphatic heterocycles. The van der Waals surface area contributed by atoms with Crippen LogP contribution < -0.4 is 28.1 Å². The Bertz CT molecular complexity index is 1040. The third kappa shape index (κ3) is 3.72. The van der Waals surface area contributed by atoms with Gasteiger partial charge in [0.25, 0.3) is 0 Å². The van der Waals surface area contributed by atoms with Crippen LogP contribution in [0, 0.1) is 0 Å². The summed E-state index contributed by atoms with van der Waals surface area (Å²) in [5.41, 5.74) is 9.19. The first kappa shape index (κ1) is 22.0. The minimum absolute atomic E-state index is 0. The summed E-state index contributed by atoms with van der Waals surface area (Å²) in [7, 11) is -0.0263. The Morgan fingerprint density at radius 2 is 1.54 bits per heavy atom. The Balaban J connectivity index is 0.00000112. The molecule has 0 aromatic heterocycles. The van der Waals surface area contributed by atoms with Gasteiger partial charge in [-0.2, -0.15) is 0 Å². The SMILES string of the molecule is CP(C)C1=Cc2ccccc2[CH]1[Hf+2][c]1cccc2c1Cc1ccccc1-2.[Cl-].[Cl-]. The van der Waals surface area contributed by atoms with Crippen LogP contribution in [-0.2, 0) is 29.3 Å². The normalized spacial score (nSPS) is 15.5. The van der Waals surface area contributed by atoms with Crippen molar-refractivity contribution in [1.82, 2.24) is 0 Å². The molecule has 3 aromatic carbocycles. The van der Waals surface area contributed by atoms with Crippen LogP contribution in [0.15, 0.2) is 72.0 Å². The molecule has 2 aliphatic rings. The van der Waals surface area contributed by atoms with Gasteiger partial charge in [-0.1, -0.05) is 0 Å². The molecule has 2 aliphatic carbocycles. The molecule has 0 saturated carbocycles. The van der Waals surface area contributed by atoms with Crippen LogP contribution in [0.1, 0.15) is 25.9 Å². The molecule has 0 N–H and O–H groups in total. The van der Waals surface area contributed by atoms with E-state index in [4.69, 9.17) is 0 Å². The van der Waals surface area contributed by atoms with Crippen LogP contribution in [-0.4, -0.2) is 13.3 Å². The second-order valence-electron chi connectivity index (χ2n) is 7.34. The predicted octanol–water partition coefficient (Wildman–Crippen LogP) is -0.189. The van der Waals surface area contributed by atoms with Gasteiger partial charge in [0.15, 0.2) is 0 Å². The zero-order valence-electron chi connectivity index (χ0n) is 15.9. The molecule has 0 fully saturated rings. The van der Waals surface area contributed by atoms with Gasteiger partial charge >= 0.3 is 169 Å². The Kier molecular flexibility index (Phi) is 7.04. The Morgan fingerprint density at radius 1 is 0.821 bits per heavy atom. The number of benzene rings is 3. The summed E-state index contributed by atoms with van der Waals surface area (Å²) in [4.78, 5) is 0.